The van der Waals surface area contributed by atoms with Crippen LogP contribution in [0.15, 0.2) is 42.6 Å². The molecule has 0 radical (unpaired) electrons. The van der Waals surface area contributed by atoms with Crippen LogP contribution in [-0.2, 0) is 9.53 Å². The summed E-state index contributed by atoms with van der Waals surface area (Å²) in [4.78, 5) is 30.1. The first-order chi connectivity index (χ1) is 16.9. The number of alkyl halides is 3. The van der Waals surface area contributed by atoms with Gasteiger partial charge in [0.2, 0.25) is 5.91 Å². The van der Waals surface area contributed by atoms with Crippen LogP contribution in [0.4, 0.5) is 23.8 Å². The van der Waals surface area contributed by atoms with Gasteiger partial charge in [0.25, 0.3) is 0 Å². The fourth-order valence-corrected chi connectivity index (χ4v) is 3.85. The molecule has 1 N–H and O–H groups in total. The largest absolute Gasteiger partial charge is 0.573 e. The number of piperidine rings is 1. The molecular weight excluding hydrogens is 479 g/mol. The second kappa shape index (κ2) is 9.67. The van der Waals surface area contributed by atoms with Crippen LogP contribution in [0.3, 0.4) is 0 Å². The monoisotopic (exact) mass is 505 g/mol. The number of benzene rings is 1. The van der Waals surface area contributed by atoms with Crippen molar-refractivity contribution in [2.45, 2.75) is 45.6 Å². The lowest BCUT2D eigenvalue weighted by Gasteiger charge is -2.32. The molecule has 1 aliphatic heterocycles. The van der Waals surface area contributed by atoms with Crippen molar-refractivity contribution in [2.75, 3.05) is 18.4 Å². The molecule has 192 valence electrons. The minimum absolute atomic E-state index is 0.00728. The van der Waals surface area contributed by atoms with E-state index in [1.807, 2.05) is 0 Å². The van der Waals surface area contributed by atoms with Gasteiger partial charge in [0, 0.05) is 25.1 Å². The topological polar surface area (TPSA) is 98.1 Å². The van der Waals surface area contributed by atoms with Crippen LogP contribution in [-0.4, -0.2) is 56.6 Å². The van der Waals surface area contributed by atoms with Gasteiger partial charge in [-0.2, -0.15) is 0 Å². The summed E-state index contributed by atoms with van der Waals surface area (Å²) < 4.78 is 48.6. The van der Waals surface area contributed by atoms with Crippen molar-refractivity contribution < 1.29 is 32.2 Å². The SMILES string of the molecule is CC(C)(C)OC(=O)N1CCC(CNc2ccc3ncc(-c4cccc(OC(F)(F)F)c4)n3n2)CC1=O. The quantitative estimate of drug-likeness (QED) is 0.528. The number of likely N-dealkylation sites (tertiary alicyclic amines) is 1. The molecule has 4 rings (SSSR count). The number of carbonyl (C=O) groups is 2. The summed E-state index contributed by atoms with van der Waals surface area (Å²) in [6.07, 6.45) is -3.11. The first-order valence-electron chi connectivity index (χ1n) is 11.4. The van der Waals surface area contributed by atoms with Gasteiger partial charge in [-0.05, 0) is 57.4 Å². The van der Waals surface area contributed by atoms with Crippen LogP contribution in [0.1, 0.15) is 33.6 Å². The van der Waals surface area contributed by atoms with E-state index in [1.54, 1.807) is 39.0 Å². The Balaban J connectivity index is 1.42. The van der Waals surface area contributed by atoms with E-state index < -0.39 is 18.1 Å². The molecule has 3 aromatic rings. The zero-order chi connectivity index (χ0) is 26.1. The normalized spacial score (nSPS) is 16.8. The van der Waals surface area contributed by atoms with E-state index in [9.17, 15) is 22.8 Å². The van der Waals surface area contributed by atoms with Crippen LogP contribution in [0, 0.1) is 5.92 Å². The molecule has 1 aliphatic rings. The number of ether oxygens (including phenoxy) is 2. The number of fused-ring (bicyclic) bond motifs is 1. The van der Waals surface area contributed by atoms with Gasteiger partial charge in [0.05, 0.1) is 11.9 Å². The molecule has 0 bridgehead atoms. The number of anilines is 1. The Hall–Kier alpha value is -3.83. The van der Waals surface area contributed by atoms with E-state index >= 15 is 0 Å². The van der Waals surface area contributed by atoms with Crippen molar-refractivity contribution in [1.82, 2.24) is 19.5 Å². The summed E-state index contributed by atoms with van der Waals surface area (Å²) in [5, 5.41) is 7.71. The minimum atomic E-state index is -4.79. The number of nitrogens with zero attached hydrogens (tertiary/aromatic N) is 4. The summed E-state index contributed by atoms with van der Waals surface area (Å²) in [6, 6.07) is 9.04. The number of hydrogen-bond donors (Lipinski definition) is 1. The minimum Gasteiger partial charge on any atom is -0.443 e. The van der Waals surface area contributed by atoms with E-state index in [2.05, 4.69) is 20.1 Å². The van der Waals surface area contributed by atoms with Gasteiger partial charge in [0.15, 0.2) is 5.65 Å². The van der Waals surface area contributed by atoms with Crippen molar-refractivity contribution in [3.05, 3.63) is 42.6 Å². The van der Waals surface area contributed by atoms with Crippen LogP contribution in [0.5, 0.6) is 5.75 Å². The number of imidazole rings is 1. The third-order valence-electron chi connectivity index (χ3n) is 5.44. The highest BCUT2D eigenvalue weighted by atomic mass is 19.4. The molecule has 12 heteroatoms. The molecule has 0 saturated carbocycles. The molecule has 1 unspecified atom stereocenters. The molecule has 2 aromatic heterocycles. The number of carbonyl (C=O) groups excluding carboxylic acids is 2. The average Bonchev–Trinajstić information content (AvgIpc) is 3.19. The summed E-state index contributed by atoms with van der Waals surface area (Å²) in [6.45, 7) is 5.96. The maximum absolute atomic E-state index is 12.6. The molecule has 1 atom stereocenters. The molecule has 0 aliphatic carbocycles. The number of aromatic nitrogens is 3. The molecule has 3 heterocycles. The number of amides is 2. The predicted octanol–water partition coefficient (Wildman–Crippen LogP) is 4.88. The molecule has 1 saturated heterocycles. The van der Waals surface area contributed by atoms with Gasteiger partial charge in [-0.3, -0.25) is 4.79 Å². The third kappa shape index (κ3) is 6.23. The molecular formula is C24H26F3N5O4. The van der Waals surface area contributed by atoms with E-state index in [1.165, 1.54) is 28.9 Å². The highest BCUT2D eigenvalue weighted by molar-refractivity contribution is 5.92. The van der Waals surface area contributed by atoms with E-state index in [4.69, 9.17) is 4.74 Å². The molecule has 0 spiro atoms. The third-order valence-corrected chi connectivity index (χ3v) is 5.44. The van der Waals surface area contributed by atoms with E-state index in [0.29, 0.717) is 35.7 Å². The molecule has 36 heavy (non-hydrogen) atoms. The smallest absolute Gasteiger partial charge is 0.443 e. The molecule has 9 nitrogen and oxygen atoms in total. The highest BCUT2D eigenvalue weighted by Crippen LogP contribution is 2.28. The lowest BCUT2D eigenvalue weighted by Crippen LogP contribution is -2.46. The Morgan fingerprint density at radius 2 is 1.97 bits per heavy atom. The van der Waals surface area contributed by atoms with Crippen molar-refractivity contribution >= 4 is 23.5 Å². The summed E-state index contributed by atoms with van der Waals surface area (Å²) in [7, 11) is 0. The zero-order valence-electron chi connectivity index (χ0n) is 20.0. The van der Waals surface area contributed by atoms with Crippen LogP contribution < -0.4 is 10.1 Å². The maximum atomic E-state index is 12.6. The standard InChI is InChI=1S/C24H26F3N5O4/c1-23(2,3)36-22(34)31-10-9-15(11-21(31)33)13-28-19-7-8-20-29-14-18(32(20)30-19)16-5-4-6-17(12-16)35-24(25,26)27/h4-8,12,14-15H,9-11,13H2,1-3H3,(H,28,30). The fraction of sp³-hybridized carbons (Fsp3) is 0.417. The number of imide groups is 1. The van der Waals surface area contributed by atoms with Gasteiger partial charge < -0.3 is 14.8 Å². The number of halogens is 3. The highest BCUT2D eigenvalue weighted by Gasteiger charge is 2.33. The van der Waals surface area contributed by atoms with Gasteiger partial charge in [-0.1, -0.05) is 12.1 Å². The Morgan fingerprint density at radius 1 is 1.19 bits per heavy atom. The Bertz CT molecular complexity index is 1270. The second-order valence-electron chi connectivity index (χ2n) is 9.47. The average molecular weight is 505 g/mol. The van der Waals surface area contributed by atoms with Crippen molar-refractivity contribution in [3.8, 4) is 17.0 Å². The molecule has 1 fully saturated rings. The van der Waals surface area contributed by atoms with E-state index in [-0.39, 0.29) is 30.5 Å². The number of nitrogens with one attached hydrogen (secondary N) is 1. The van der Waals surface area contributed by atoms with Gasteiger partial charge >= 0.3 is 12.5 Å². The fourth-order valence-electron chi connectivity index (χ4n) is 3.85. The first-order valence-corrected chi connectivity index (χ1v) is 11.4. The summed E-state index contributed by atoms with van der Waals surface area (Å²) in [5.74, 6) is -0.131. The van der Waals surface area contributed by atoms with Crippen molar-refractivity contribution in [1.29, 1.82) is 0 Å². The van der Waals surface area contributed by atoms with Crippen molar-refractivity contribution in [2.24, 2.45) is 5.92 Å². The number of hydrogen-bond acceptors (Lipinski definition) is 7. The summed E-state index contributed by atoms with van der Waals surface area (Å²) >= 11 is 0. The molecule has 2 amide bonds. The Morgan fingerprint density at radius 3 is 2.67 bits per heavy atom. The van der Waals surface area contributed by atoms with Crippen LogP contribution >= 0.6 is 0 Å². The second-order valence-corrected chi connectivity index (χ2v) is 9.47. The molecule has 1 aromatic carbocycles. The number of rotatable bonds is 5. The summed E-state index contributed by atoms with van der Waals surface area (Å²) in [5.41, 5.74) is 0.772. The lowest BCUT2D eigenvalue weighted by molar-refractivity contribution is -0.274. The Labute approximate surface area is 205 Å². The lowest BCUT2D eigenvalue weighted by atomic mass is 9.96. The van der Waals surface area contributed by atoms with Gasteiger partial charge in [-0.25, -0.2) is 19.2 Å². The van der Waals surface area contributed by atoms with E-state index in [0.717, 1.165) is 4.90 Å². The van der Waals surface area contributed by atoms with Gasteiger partial charge in [0.1, 0.15) is 17.2 Å². The van der Waals surface area contributed by atoms with Gasteiger partial charge in [-0.15, -0.1) is 18.3 Å². The predicted molar refractivity (Wildman–Crippen MR) is 124 cm³/mol. The van der Waals surface area contributed by atoms with Crippen LogP contribution in [0.2, 0.25) is 0 Å². The Kier molecular flexibility index (Phi) is 6.79. The maximum Gasteiger partial charge on any atom is 0.573 e. The zero-order valence-corrected chi connectivity index (χ0v) is 20.0. The van der Waals surface area contributed by atoms with Crippen molar-refractivity contribution in [3.63, 3.8) is 0 Å². The first kappa shape index (κ1) is 25.3. The van der Waals surface area contributed by atoms with Crippen LogP contribution in [0.25, 0.3) is 16.9 Å².